The molecular weight excluding hydrogens is 306 g/mol. The summed E-state index contributed by atoms with van der Waals surface area (Å²) in [6, 6.07) is 2.34. The van der Waals surface area contributed by atoms with Gasteiger partial charge in [0, 0.05) is 45.6 Å². The number of nitrogens with one attached hydrogen (secondary N) is 1. The first-order valence-electron chi connectivity index (χ1n) is 8.45. The van der Waals surface area contributed by atoms with E-state index < -0.39 is 5.60 Å². The molecule has 1 atom stereocenters. The number of hydrogen-bond acceptors (Lipinski definition) is 5. The summed E-state index contributed by atoms with van der Waals surface area (Å²) in [7, 11) is 2.02. The molecule has 7 nitrogen and oxygen atoms in total. The fourth-order valence-corrected chi connectivity index (χ4v) is 3.07. The summed E-state index contributed by atoms with van der Waals surface area (Å²) in [6.07, 6.45) is 3.91. The van der Waals surface area contributed by atoms with E-state index >= 15 is 0 Å². The molecule has 0 aliphatic carbocycles. The molecule has 1 unspecified atom stereocenters. The second kappa shape index (κ2) is 6.37. The molecule has 2 aliphatic heterocycles. The normalized spacial score (nSPS) is 20.7. The maximum Gasteiger partial charge on any atom is 0.410 e. The first-order valence-corrected chi connectivity index (χ1v) is 8.45. The number of ether oxygens (including phenoxy) is 1. The van der Waals surface area contributed by atoms with Crippen molar-refractivity contribution in [3.05, 3.63) is 24.0 Å². The van der Waals surface area contributed by atoms with Crippen LogP contribution in [0.2, 0.25) is 0 Å². The van der Waals surface area contributed by atoms with E-state index in [9.17, 15) is 4.79 Å². The lowest BCUT2D eigenvalue weighted by atomic mass is 10.2. The van der Waals surface area contributed by atoms with Crippen LogP contribution < -0.4 is 5.32 Å². The van der Waals surface area contributed by atoms with E-state index in [4.69, 9.17) is 4.74 Å². The first kappa shape index (κ1) is 16.7. The molecule has 0 aromatic carbocycles. The highest BCUT2D eigenvalue weighted by atomic mass is 16.6. The van der Waals surface area contributed by atoms with Crippen molar-refractivity contribution in [2.75, 3.05) is 26.2 Å². The van der Waals surface area contributed by atoms with Crippen LogP contribution in [-0.4, -0.2) is 64.2 Å². The van der Waals surface area contributed by atoms with E-state index in [-0.39, 0.29) is 12.1 Å². The molecule has 0 spiro atoms. The third kappa shape index (κ3) is 3.83. The number of piperazine rings is 1. The fourth-order valence-electron chi connectivity index (χ4n) is 3.07. The number of rotatable bonds is 2. The van der Waals surface area contributed by atoms with Gasteiger partial charge in [-0.2, -0.15) is 0 Å². The molecule has 2 aliphatic rings. The molecule has 1 fully saturated rings. The Labute approximate surface area is 143 Å². The highest BCUT2D eigenvalue weighted by Crippen LogP contribution is 2.18. The van der Waals surface area contributed by atoms with Crippen molar-refractivity contribution < 1.29 is 9.53 Å². The number of guanidine groups is 1. The van der Waals surface area contributed by atoms with Crippen molar-refractivity contribution in [2.45, 2.75) is 39.0 Å². The van der Waals surface area contributed by atoms with Gasteiger partial charge in [-0.1, -0.05) is 0 Å². The number of hydrogen-bond donors (Lipinski definition) is 1. The standard InChI is InChI=1S/C17H27N5O2/c1-17(2,3)24-16(23)21-7-8-22-14(12-21)10-19-15(22)18-9-13-5-6-20(4)11-13/h5-6,11,14H,7-10,12H2,1-4H3,(H,18,19). The molecule has 7 heteroatoms. The average molecular weight is 333 g/mol. The van der Waals surface area contributed by atoms with Crippen molar-refractivity contribution in [3.8, 4) is 0 Å². The second-order valence-corrected chi connectivity index (χ2v) is 7.48. The monoisotopic (exact) mass is 333 g/mol. The van der Waals surface area contributed by atoms with Crippen LogP contribution in [-0.2, 0) is 18.3 Å². The zero-order valence-electron chi connectivity index (χ0n) is 15.0. The van der Waals surface area contributed by atoms with Gasteiger partial charge in [0.15, 0.2) is 5.96 Å². The summed E-state index contributed by atoms with van der Waals surface area (Å²) < 4.78 is 7.51. The van der Waals surface area contributed by atoms with Crippen LogP contribution in [0.4, 0.5) is 4.79 Å². The third-order valence-electron chi connectivity index (χ3n) is 4.20. The Balaban J connectivity index is 1.52. The summed E-state index contributed by atoms with van der Waals surface area (Å²) >= 11 is 0. The lowest BCUT2D eigenvalue weighted by Gasteiger charge is -2.39. The fraction of sp³-hybridized carbons (Fsp3) is 0.647. The molecule has 3 rings (SSSR count). The number of aliphatic imine (C=N–C) groups is 1. The number of aryl methyl sites for hydroxylation is 1. The van der Waals surface area contributed by atoms with Crippen LogP contribution >= 0.6 is 0 Å². The van der Waals surface area contributed by atoms with E-state index in [1.54, 1.807) is 4.90 Å². The highest BCUT2D eigenvalue weighted by Gasteiger charge is 2.36. The van der Waals surface area contributed by atoms with Gasteiger partial charge in [-0.15, -0.1) is 0 Å². The Morgan fingerprint density at radius 2 is 2.21 bits per heavy atom. The van der Waals surface area contributed by atoms with E-state index in [0.717, 1.165) is 25.6 Å². The van der Waals surface area contributed by atoms with E-state index in [0.29, 0.717) is 13.1 Å². The van der Waals surface area contributed by atoms with Crippen LogP contribution in [0.15, 0.2) is 23.5 Å². The minimum absolute atomic E-state index is 0.229. The summed E-state index contributed by atoms with van der Waals surface area (Å²) in [6.45, 7) is 9.27. The van der Waals surface area contributed by atoms with Gasteiger partial charge in [0.2, 0.25) is 0 Å². The van der Waals surface area contributed by atoms with Crippen LogP contribution in [0.25, 0.3) is 0 Å². The van der Waals surface area contributed by atoms with Gasteiger partial charge in [-0.3, -0.25) is 4.99 Å². The molecule has 24 heavy (non-hydrogen) atoms. The van der Waals surface area contributed by atoms with Gasteiger partial charge in [-0.25, -0.2) is 4.79 Å². The molecule has 132 valence electrons. The Kier molecular flexibility index (Phi) is 4.43. The summed E-state index contributed by atoms with van der Waals surface area (Å²) in [5.74, 6) is 0.938. The lowest BCUT2D eigenvalue weighted by molar-refractivity contribution is 0.0137. The maximum absolute atomic E-state index is 12.2. The van der Waals surface area contributed by atoms with Crippen LogP contribution in [0.5, 0.6) is 0 Å². The number of carbonyl (C=O) groups excluding carboxylic acids is 1. The van der Waals surface area contributed by atoms with Gasteiger partial charge < -0.3 is 24.4 Å². The van der Waals surface area contributed by atoms with Crippen LogP contribution in [0.1, 0.15) is 26.3 Å². The van der Waals surface area contributed by atoms with Gasteiger partial charge in [-0.05, 0) is 32.4 Å². The minimum Gasteiger partial charge on any atom is -0.444 e. The quantitative estimate of drug-likeness (QED) is 0.889. The first-order chi connectivity index (χ1) is 11.3. The molecular formula is C17H27N5O2. The van der Waals surface area contributed by atoms with Crippen molar-refractivity contribution >= 4 is 12.1 Å². The lowest BCUT2D eigenvalue weighted by Crippen LogP contribution is -2.57. The van der Waals surface area contributed by atoms with Gasteiger partial charge >= 0.3 is 6.09 Å². The average Bonchev–Trinajstić information content (AvgIpc) is 3.08. The largest absolute Gasteiger partial charge is 0.444 e. The molecule has 0 radical (unpaired) electrons. The second-order valence-electron chi connectivity index (χ2n) is 7.48. The number of amides is 1. The molecule has 1 N–H and O–H groups in total. The zero-order valence-corrected chi connectivity index (χ0v) is 15.0. The molecule has 3 heterocycles. The highest BCUT2D eigenvalue weighted by molar-refractivity contribution is 5.82. The molecule has 0 bridgehead atoms. The van der Waals surface area contributed by atoms with Crippen molar-refractivity contribution in [1.29, 1.82) is 0 Å². The number of fused-ring (bicyclic) bond motifs is 1. The Morgan fingerprint density at radius 3 is 2.88 bits per heavy atom. The molecule has 1 aromatic heterocycles. The van der Waals surface area contributed by atoms with Crippen molar-refractivity contribution in [1.82, 2.24) is 19.7 Å². The number of nitrogens with zero attached hydrogens (tertiary/aromatic N) is 4. The van der Waals surface area contributed by atoms with Crippen LogP contribution in [0.3, 0.4) is 0 Å². The molecule has 1 saturated heterocycles. The van der Waals surface area contributed by atoms with Crippen LogP contribution in [0, 0.1) is 0 Å². The summed E-state index contributed by atoms with van der Waals surface area (Å²) in [5, 5.41) is 3.42. The molecule has 0 saturated carbocycles. The summed E-state index contributed by atoms with van der Waals surface area (Å²) in [5.41, 5.74) is 0.777. The SMILES string of the molecule is Cn1ccc(CNC2=NCC3CN(C(=O)OC(C)(C)C)CCN23)c1. The van der Waals surface area contributed by atoms with E-state index in [1.807, 2.05) is 38.6 Å². The number of carbonyl (C=O) groups is 1. The topological polar surface area (TPSA) is 62.1 Å². The Bertz CT molecular complexity index is 631. The summed E-state index contributed by atoms with van der Waals surface area (Å²) in [4.78, 5) is 20.9. The van der Waals surface area contributed by atoms with Gasteiger partial charge in [0.25, 0.3) is 0 Å². The molecule has 1 amide bonds. The zero-order chi connectivity index (χ0) is 17.3. The minimum atomic E-state index is -0.456. The number of aromatic nitrogens is 1. The predicted octanol–water partition coefficient (Wildman–Crippen LogP) is 1.41. The maximum atomic E-state index is 12.2. The van der Waals surface area contributed by atoms with E-state index in [1.165, 1.54) is 5.56 Å². The van der Waals surface area contributed by atoms with Crippen molar-refractivity contribution in [3.63, 3.8) is 0 Å². The smallest absolute Gasteiger partial charge is 0.410 e. The van der Waals surface area contributed by atoms with Crippen molar-refractivity contribution in [2.24, 2.45) is 12.0 Å². The predicted molar refractivity (Wildman–Crippen MR) is 92.9 cm³/mol. The van der Waals surface area contributed by atoms with Gasteiger partial charge in [0.1, 0.15) is 5.60 Å². The Morgan fingerprint density at radius 1 is 1.42 bits per heavy atom. The Hall–Kier alpha value is -2.18. The third-order valence-corrected chi connectivity index (χ3v) is 4.20. The molecule has 1 aromatic rings. The van der Waals surface area contributed by atoms with E-state index in [2.05, 4.69) is 27.5 Å². The van der Waals surface area contributed by atoms with Gasteiger partial charge in [0.05, 0.1) is 12.6 Å².